The molecule has 0 radical (unpaired) electrons. The summed E-state index contributed by atoms with van der Waals surface area (Å²) in [4.78, 5) is 28.5. The molecule has 0 saturated carbocycles. The third-order valence-corrected chi connectivity index (χ3v) is 3.91. The van der Waals surface area contributed by atoms with E-state index in [1.165, 1.54) is 12.3 Å². The van der Waals surface area contributed by atoms with Crippen LogP contribution in [0.2, 0.25) is 0 Å². The molecule has 2 amide bonds. The number of aryl methyl sites for hydroxylation is 1. The molecule has 27 heavy (non-hydrogen) atoms. The van der Waals surface area contributed by atoms with Crippen LogP contribution in [0.15, 0.2) is 72.9 Å². The average Bonchev–Trinajstić information content (AvgIpc) is 2.71. The second-order valence-corrected chi connectivity index (χ2v) is 5.88. The molecule has 0 unspecified atom stereocenters. The number of pyridine rings is 1. The minimum Gasteiger partial charge on any atom is -0.473 e. The molecule has 1 aromatic heterocycles. The molecule has 6 nitrogen and oxygen atoms in total. The fourth-order valence-corrected chi connectivity index (χ4v) is 2.44. The Morgan fingerprint density at radius 1 is 0.926 bits per heavy atom. The number of amides is 2. The van der Waals surface area contributed by atoms with Crippen LogP contribution in [0.4, 0.5) is 0 Å². The molecule has 0 spiro atoms. The standard InChI is InChI=1S/C21H19N3O3/c1-15-7-5-6-10-18(15)21(26)24-23-20(25)17-11-12-22-19(13-17)27-14-16-8-3-2-4-9-16/h2-13H,14H2,1H3,(H,23,25)(H,24,26). The highest BCUT2D eigenvalue weighted by Crippen LogP contribution is 2.12. The second-order valence-electron chi connectivity index (χ2n) is 5.88. The molecule has 6 heteroatoms. The Balaban J connectivity index is 1.58. The second kappa shape index (κ2) is 8.62. The highest BCUT2D eigenvalue weighted by Gasteiger charge is 2.11. The zero-order valence-corrected chi connectivity index (χ0v) is 14.8. The Morgan fingerprint density at radius 2 is 1.63 bits per heavy atom. The third-order valence-electron chi connectivity index (χ3n) is 3.91. The van der Waals surface area contributed by atoms with Gasteiger partial charge in [-0.25, -0.2) is 4.98 Å². The molecule has 2 aromatic carbocycles. The molecule has 0 aliphatic rings. The van der Waals surface area contributed by atoms with E-state index in [0.717, 1.165) is 11.1 Å². The van der Waals surface area contributed by atoms with E-state index in [1.807, 2.05) is 49.4 Å². The molecule has 136 valence electrons. The summed E-state index contributed by atoms with van der Waals surface area (Å²) in [7, 11) is 0. The van der Waals surface area contributed by atoms with E-state index in [-0.39, 0.29) is 5.91 Å². The number of ether oxygens (including phenoxy) is 1. The summed E-state index contributed by atoms with van der Waals surface area (Å²) < 4.78 is 5.62. The number of hydrazine groups is 1. The van der Waals surface area contributed by atoms with Gasteiger partial charge in [0.1, 0.15) is 6.61 Å². The Morgan fingerprint density at radius 3 is 2.41 bits per heavy atom. The Hall–Kier alpha value is -3.67. The lowest BCUT2D eigenvalue weighted by atomic mass is 10.1. The largest absolute Gasteiger partial charge is 0.473 e. The number of nitrogens with one attached hydrogen (secondary N) is 2. The molecule has 0 aliphatic heterocycles. The van der Waals surface area contributed by atoms with E-state index in [0.29, 0.717) is 23.6 Å². The summed E-state index contributed by atoms with van der Waals surface area (Å²) in [5.41, 5.74) is 7.47. The lowest BCUT2D eigenvalue weighted by Gasteiger charge is -2.10. The van der Waals surface area contributed by atoms with E-state index in [4.69, 9.17) is 4.74 Å². The van der Waals surface area contributed by atoms with Gasteiger partial charge in [0.2, 0.25) is 5.88 Å². The maximum atomic E-state index is 12.3. The summed E-state index contributed by atoms with van der Waals surface area (Å²) in [6, 6.07) is 19.9. The smallest absolute Gasteiger partial charge is 0.269 e. The summed E-state index contributed by atoms with van der Waals surface area (Å²) >= 11 is 0. The number of hydrogen-bond acceptors (Lipinski definition) is 4. The molecule has 3 aromatic rings. The van der Waals surface area contributed by atoms with Gasteiger partial charge in [0.05, 0.1) is 0 Å². The van der Waals surface area contributed by atoms with Crippen molar-refractivity contribution in [3.05, 3.63) is 95.2 Å². The van der Waals surface area contributed by atoms with Gasteiger partial charge < -0.3 is 4.74 Å². The SMILES string of the molecule is Cc1ccccc1C(=O)NNC(=O)c1ccnc(OCc2ccccc2)c1. The number of hydrogen-bond donors (Lipinski definition) is 2. The molecular formula is C21H19N3O3. The molecular weight excluding hydrogens is 342 g/mol. The van der Waals surface area contributed by atoms with Crippen LogP contribution in [0.3, 0.4) is 0 Å². The number of rotatable bonds is 5. The highest BCUT2D eigenvalue weighted by atomic mass is 16.5. The van der Waals surface area contributed by atoms with Crippen molar-refractivity contribution in [2.75, 3.05) is 0 Å². The minimum atomic E-state index is -0.455. The van der Waals surface area contributed by atoms with Crippen LogP contribution in [0.1, 0.15) is 31.8 Å². The van der Waals surface area contributed by atoms with Crippen LogP contribution in [-0.4, -0.2) is 16.8 Å². The fraction of sp³-hybridized carbons (Fsp3) is 0.0952. The topological polar surface area (TPSA) is 80.3 Å². The van der Waals surface area contributed by atoms with Crippen LogP contribution >= 0.6 is 0 Å². The third kappa shape index (κ3) is 4.92. The average molecular weight is 361 g/mol. The van der Waals surface area contributed by atoms with Crippen molar-refractivity contribution in [3.63, 3.8) is 0 Å². The molecule has 0 aliphatic carbocycles. The summed E-state index contributed by atoms with van der Waals surface area (Å²) in [5, 5.41) is 0. The van der Waals surface area contributed by atoms with Gasteiger partial charge in [0.15, 0.2) is 0 Å². The zero-order chi connectivity index (χ0) is 19.1. The maximum Gasteiger partial charge on any atom is 0.269 e. The number of aromatic nitrogens is 1. The van der Waals surface area contributed by atoms with Gasteiger partial charge in [-0.05, 0) is 30.2 Å². The van der Waals surface area contributed by atoms with Gasteiger partial charge in [-0.2, -0.15) is 0 Å². The van der Waals surface area contributed by atoms with Gasteiger partial charge in [0.25, 0.3) is 11.8 Å². The van der Waals surface area contributed by atoms with Gasteiger partial charge in [0, 0.05) is 23.4 Å². The number of nitrogens with zero attached hydrogens (tertiary/aromatic N) is 1. The van der Waals surface area contributed by atoms with Crippen LogP contribution in [0.25, 0.3) is 0 Å². The van der Waals surface area contributed by atoms with Crippen LogP contribution in [0.5, 0.6) is 5.88 Å². The normalized spacial score (nSPS) is 10.1. The minimum absolute atomic E-state index is 0.330. The number of carbonyl (C=O) groups excluding carboxylic acids is 2. The Bertz CT molecular complexity index is 942. The number of benzene rings is 2. The van der Waals surface area contributed by atoms with E-state index in [1.54, 1.807) is 18.2 Å². The first-order valence-electron chi connectivity index (χ1n) is 8.42. The van der Waals surface area contributed by atoms with Crippen molar-refractivity contribution in [1.82, 2.24) is 15.8 Å². The first-order valence-corrected chi connectivity index (χ1v) is 8.42. The zero-order valence-electron chi connectivity index (χ0n) is 14.8. The van der Waals surface area contributed by atoms with Crippen molar-refractivity contribution in [1.29, 1.82) is 0 Å². The fourth-order valence-electron chi connectivity index (χ4n) is 2.44. The van der Waals surface area contributed by atoms with E-state index < -0.39 is 5.91 Å². The Kier molecular flexibility index (Phi) is 5.79. The number of carbonyl (C=O) groups is 2. The van der Waals surface area contributed by atoms with Crippen LogP contribution < -0.4 is 15.6 Å². The highest BCUT2D eigenvalue weighted by molar-refractivity contribution is 5.99. The molecule has 0 fully saturated rings. The van der Waals surface area contributed by atoms with Crippen LogP contribution in [0, 0.1) is 6.92 Å². The molecule has 0 saturated heterocycles. The molecule has 0 bridgehead atoms. The van der Waals surface area contributed by atoms with Gasteiger partial charge in [-0.3, -0.25) is 20.4 Å². The monoisotopic (exact) mass is 361 g/mol. The van der Waals surface area contributed by atoms with Crippen LogP contribution in [-0.2, 0) is 6.61 Å². The van der Waals surface area contributed by atoms with Crippen molar-refractivity contribution >= 4 is 11.8 Å². The first-order chi connectivity index (χ1) is 13.1. The molecule has 0 atom stereocenters. The van der Waals surface area contributed by atoms with E-state index >= 15 is 0 Å². The predicted molar refractivity (Wildman–Crippen MR) is 101 cm³/mol. The van der Waals surface area contributed by atoms with Crippen molar-refractivity contribution in [2.24, 2.45) is 0 Å². The first kappa shape index (κ1) is 18.1. The molecule has 2 N–H and O–H groups in total. The van der Waals surface area contributed by atoms with Gasteiger partial charge in [-0.15, -0.1) is 0 Å². The van der Waals surface area contributed by atoms with Gasteiger partial charge >= 0.3 is 0 Å². The van der Waals surface area contributed by atoms with Gasteiger partial charge in [-0.1, -0.05) is 48.5 Å². The van der Waals surface area contributed by atoms with E-state index in [9.17, 15) is 9.59 Å². The predicted octanol–water partition coefficient (Wildman–Crippen LogP) is 3.04. The summed E-state index contributed by atoms with van der Waals surface area (Å²) in [5.74, 6) is -0.503. The lowest BCUT2D eigenvalue weighted by molar-refractivity contribution is 0.0846. The summed E-state index contributed by atoms with van der Waals surface area (Å²) in [6.45, 7) is 2.18. The molecule has 1 heterocycles. The quantitative estimate of drug-likeness (QED) is 0.685. The van der Waals surface area contributed by atoms with Crippen molar-refractivity contribution in [2.45, 2.75) is 13.5 Å². The van der Waals surface area contributed by atoms with Crippen molar-refractivity contribution < 1.29 is 14.3 Å². The molecule has 3 rings (SSSR count). The summed E-state index contributed by atoms with van der Waals surface area (Å²) in [6.07, 6.45) is 1.48. The lowest BCUT2D eigenvalue weighted by Crippen LogP contribution is -2.41. The van der Waals surface area contributed by atoms with E-state index in [2.05, 4.69) is 15.8 Å². The Labute approximate surface area is 157 Å². The van der Waals surface area contributed by atoms with Crippen molar-refractivity contribution in [3.8, 4) is 5.88 Å². The maximum absolute atomic E-state index is 12.3.